The first-order valence-electron chi connectivity index (χ1n) is 6.20. The van der Waals surface area contributed by atoms with E-state index in [0.717, 1.165) is 18.8 Å². The Bertz CT molecular complexity index is 367. The van der Waals surface area contributed by atoms with Crippen molar-refractivity contribution in [1.82, 2.24) is 0 Å². The number of rotatable bonds is 3. The maximum absolute atomic E-state index is 12.0. The Morgan fingerprint density at radius 1 is 1.00 bits per heavy atom. The number of hydrogen-bond donors (Lipinski definition) is 1. The van der Waals surface area contributed by atoms with E-state index in [9.17, 15) is 13.2 Å². The van der Waals surface area contributed by atoms with Crippen LogP contribution in [0.3, 0.4) is 0 Å². The van der Waals surface area contributed by atoms with Gasteiger partial charge in [0.1, 0.15) is 6.54 Å². The molecular weight excluding hydrogens is 241 g/mol. The predicted octanol–water partition coefficient (Wildman–Crippen LogP) is 3.65. The second kappa shape index (κ2) is 5.50. The molecule has 100 valence electrons. The molecule has 0 unspecified atom stereocenters. The van der Waals surface area contributed by atoms with Crippen molar-refractivity contribution in [2.45, 2.75) is 25.4 Å². The SMILES string of the molecule is FC(F)(F)CNc1ccc(N2CCCCC2)cc1. The van der Waals surface area contributed by atoms with Crippen LogP contribution in [0.25, 0.3) is 0 Å². The average molecular weight is 258 g/mol. The third kappa shape index (κ3) is 3.82. The number of nitrogens with one attached hydrogen (secondary N) is 1. The van der Waals surface area contributed by atoms with Crippen molar-refractivity contribution in [2.75, 3.05) is 29.9 Å². The van der Waals surface area contributed by atoms with Crippen LogP contribution in [0.1, 0.15) is 19.3 Å². The molecule has 0 radical (unpaired) electrons. The number of anilines is 2. The molecule has 0 atom stereocenters. The lowest BCUT2D eigenvalue weighted by Gasteiger charge is -2.28. The van der Waals surface area contributed by atoms with Gasteiger partial charge in [-0.2, -0.15) is 13.2 Å². The van der Waals surface area contributed by atoms with Gasteiger partial charge in [0.25, 0.3) is 0 Å². The molecule has 1 N–H and O–H groups in total. The standard InChI is InChI=1S/C13H17F3N2/c14-13(15,16)10-17-11-4-6-12(7-5-11)18-8-2-1-3-9-18/h4-7,17H,1-3,8-10H2. The molecule has 0 spiro atoms. The summed E-state index contributed by atoms with van der Waals surface area (Å²) in [5.74, 6) is 0. The van der Waals surface area contributed by atoms with Crippen LogP contribution in [-0.4, -0.2) is 25.8 Å². The zero-order valence-electron chi connectivity index (χ0n) is 10.1. The van der Waals surface area contributed by atoms with E-state index in [1.165, 1.54) is 19.3 Å². The van der Waals surface area contributed by atoms with Gasteiger partial charge in [0.15, 0.2) is 0 Å². The molecule has 0 amide bonds. The Hall–Kier alpha value is -1.39. The van der Waals surface area contributed by atoms with Crippen LogP contribution in [0.15, 0.2) is 24.3 Å². The first-order chi connectivity index (χ1) is 8.54. The number of halogens is 3. The predicted molar refractivity (Wildman–Crippen MR) is 67.1 cm³/mol. The van der Waals surface area contributed by atoms with Crippen LogP contribution in [0, 0.1) is 0 Å². The highest BCUT2D eigenvalue weighted by molar-refractivity contribution is 5.55. The highest BCUT2D eigenvalue weighted by atomic mass is 19.4. The van der Waals surface area contributed by atoms with E-state index in [2.05, 4.69) is 10.2 Å². The van der Waals surface area contributed by atoms with Gasteiger partial charge >= 0.3 is 6.18 Å². The Morgan fingerprint density at radius 3 is 2.17 bits per heavy atom. The first-order valence-corrected chi connectivity index (χ1v) is 6.20. The van der Waals surface area contributed by atoms with E-state index in [4.69, 9.17) is 0 Å². The van der Waals surface area contributed by atoms with Gasteiger partial charge in [-0.25, -0.2) is 0 Å². The third-order valence-electron chi connectivity index (χ3n) is 3.08. The van der Waals surface area contributed by atoms with Crippen molar-refractivity contribution in [2.24, 2.45) is 0 Å². The Morgan fingerprint density at radius 2 is 1.61 bits per heavy atom. The van der Waals surface area contributed by atoms with E-state index in [-0.39, 0.29) is 0 Å². The van der Waals surface area contributed by atoms with Gasteiger partial charge in [-0.15, -0.1) is 0 Å². The molecule has 18 heavy (non-hydrogen) atoms. The molecule has 1 heterocycles. The molecule has 0 aromatic heterocycles. The zero-order chi connectivity index (χ0) is 13.0. The molecule has 1 fully saturated rings. The minimum Gasteiger partial charge on any atom is -0.376 e. The molecule has 1 aromatic rings. The van der Waals surface area contributed by atoms with Crippen molar-refractivity contribution in [3.63, 3.8) is 0 Å². The summed E-state index contributed by atoms with van der Waals surface area (Å²) in [6.07, 6.45) is -0.532. The molecule has 0 bridgehead atoms. The second-order valence-electron chi connectivity index (χ2n) is 4.56. The molecule has 0 saturated carbocycles. The lowest BCUT2D eigenvalue weighted by molar-refractivity contribution is -0.115. The van der Waals surface area contributed by atoms with E-state index in [1.807, 2.05) is 12.1 Å². The van der Waals surface area contributed by atoms with Crippen LogP contribution in [0.2, 0.25) is 0 Å². The van der Waals surface area contributed by atoms with Crippen molar-refractivity contribution >= 4 is 11.4 Å². The summed E-state index contributed by atoms with van der Waals surface area (Å²) in [6, 6.07) is 7.17. The minimum atomic E-state index is -4.18. The average Bonchev–Trinajstić information content (AvgIpc) is 2.37. The van der Waals surface area contributed by atoms with Crippen LogP contribution >= 0.6 is 0 Å². The Labute approximate surface area is 105 Å². The highest BCUT2D eigenvalue weighted by Crippen LogP contribution is 2.22. The molecule has 1 aromatic carbocycles. The summed E-state index contributed by atoms with van der Waals surface area (Å²) in [6.45, 7) is 1.08. The maximum Gasteiger partial charge on any atom is 0.405 e. The van der Waals surface area contributed by atoms with Crippen LogP contribution in [0.5, 0.6) is 0 Å². The monoisotopic (exact) mass is 258 g/mol. The zero-order valence-corrected chi connectivity index (χ0v) is 10.1. The number of hydrogen-bond acceptors (Lipinski definition) is 2. The van der Waals surface area contributed by atoms with E-state index in [1.54, 1.807) is 12.1 Å². The molecular formula is C13H17F3N2. The number of nitrogens with zero attached hydrogens (tertiary/aromatic N) is 1. The quantitative estimate of drug-likeness (QED) is 0.890. The van der Waals surface area contributed by atoms with Gasteiger partial charge in [0.05, 0.1) is 0 Å². The van der Waals surface area contributed by atoms with Gasteiger partial charge in [0, 0.05) is 24.5 Å². The van der Waals surface area contributed by atoms with Gasteiger partial charge in [-0.1, -0.05) is 0 Å². The number of piperidine rings is 1. The summed E-state index contributed by atoms with van der Waals surface area (Å²) in [7, 11) is 0. The molecule has 0 aliphatic carbocycles. The van der Waals surface area contributed by atoms with Crippen LogP contribution in [0.4, 0.5) is 24.5 Å². The second-order valence-corrected chi connectivity index (χ2v) is 4.56. The normalized spacial score (nSPS) is 16.7. The van der Waals surface area contributed by atoms with Crippen molar-refractivity contribution in [1.29, 1.82) is 0 Å². The summed E-state index contributed by atoms with van der Waals surface area (Å²) in [4.78, 5) is 2.27. The largest absolute Gasteiger partial charge is 0.405 e. The van der Waals surface area contributed by atoms with E-state index < -0.39 is 12.7 Å². The van der Waals surface area contributed by atoms with Gasteiger partial charge in [-0.05, 0) is 43.5 Å². The summed E-state index contributed by atoms with van der Waals surface area (Å²) < 4.78 is 36.1. The Kier molecular flexibility index (Phi) is 3.99. The molecule has 1 aliphatic heterocycles. The third-order valence-corrected chi connectivity index (χ3v) is 3.08. The summed E-state index contributed by atoms with van der Waals surface area (Å²) >= 11 is 0. The minimum absolute atomic E-state index is 0.507. The van der Waals surface area contributed by atoms with Gasteiger partial charge in [0.2, 0.25) is 0 Å². The highest BCUT2D eigenvalue weighted by Gasteiger charge is 2.26. The van der Waals surface area contributed by atoms with Crippen LogP contribution in [-0.2, 0) is 0 Å². The van der Waals surface area contributed by atoms with Crippen LogP contribution < -0.4 is 10.2 Å². The smallest absolute Gasteiger partial charge is 0.376 e. The molecule has 5 heteroatoms. The lowest BCUT2D eigenvalue weighted by Crippen LogP contribution is -2.29. The van der Waals surface area contributed by atoms with Crippen molar-refractivity contribution < 1.29 is 13.2 Å². The fourth-order valence-electron chi connectivity index (χ4n) is 2.14. The van der Waals surface area contributed by atoms with E-state index in [0.29, 0.717) is 5.69 Å². The Balaban J connectivity index is 1.92. The number of alkyl halides is 3. The fourth-order valence-corrected chi connectivity index (χ4v) is 2.14. The molecule has 1 saturated heterocycles. The van der Waals surface area contributed by atoms with Gasteiger partial charge in [-0.3, -0.25) is 0 Å². The van der Waals surface area contributed by atoms with Gasteiger partial charge < -0.3 is 10.2 Å². The lowest BCUT2D eigenvalue weighted by atomic mass is 10.1. The number of benzene rings is 1. The van der Waals surface area contributed by atoms with E-state index >= 15 is 0 Å². The molecule has 2 rings (SSSR count). The summed E-state index contributed by atoms with van der Waals surface area (Å²) in [5, 5.41) is 2.37. The molecule has 2 nitrogen and oxygen atoms in total. The maximum atomic E-state index is 12.0. The first kappa shape index (κ1) is 13.1. The van der Waals surface area contributed by atoms with Crippen molar-refractivity contribution in [3.05, 3.63) is 24.3 Å². The van der Waals surface area contributed by atoms with Crippen molar-refractivity contribution in [3.8, 4) is 0 Å². The topological polar surface area (TPSA) is 15.3 Å². The fraction of sp³-hybridized carbons (Fsp3) is 0.538. The summed E-state index contributed by atoms with van der Waals surface area (Å²) in [5.41, 5.74) is 1.60. The molecule has 1 aliphatic rings.